The van der Waals surface area contributed by atoms with E-state index in [-0.39, 0.29) is 11.7 Å². The number of piperazine rings is 1. The van der Waals surface area contributed by atoms with E-state index < -0.39 is 0 Å². The molecule has 1 aliphatic carbocycles. The number of anilines is 1. The largest absolute Gasteiger partial charge is 0.369 e. The molecule has 0 amide bonds. The number of hydrogen-bond acceptors (Lipinski definition) is 5. The summed E-state index contributed by atoms with van der Waals surface area (Å²) in [6.45, 7) is 9.18. The van der Waals surface area contributed by atoms with Crippen molar-refractivity contribution >= 4 is 12.0 Å². The van der Waals surface area contributed by atoms with Gasteiger partial charge in [-0.15, -0.1) is 0 Å². The Morgan fingerprint density at radius 1 is 1.14 bits per heavy atom. The van der Waals surface area contributed by atoms with Gasteiger partial charge in [-0.05, 0) is 55.8 Å². The first-order chi connectivity index (χ1) is 14.2. The Balaban J connectivity index is 1.19. The van der Waals surface area contributed by atoms with E-state index in [2.05, 4.69) is 34.1 Å². The molecule has 2 saturated heterocycles. The van der Waals surface area contributed by atoms with Crippen molar-refractivity contribution in [2.24, 2.45) is 11.8 Å². The minimum Gasteiger partial charge on any atom is -0.369 e. The van der Waals surface area contributed by atoms with E-state index in [9.17, 15) is 4.79 Å². The molecule has 2 heterocycles. The lowest BCUT2D eigenvalue weighted by molar-refractivity contribution is -0.182. The summed E-state index contributed by atoms with van der Waals surface area (Å²) < 4.78 is 11.7. The molecule has 0 aromatic heterocycles. The number of hydrogen-bond donors (Lipinski definition) is 0. The first kappa shape index (κ1) is 20.8. The van der Waals surface area contributed by atoms with E-state index in [1.54, 1.807) is 0 Å². The van der Waals surface area contributed by atoms with Gasteiger partial charge in [-0.3, -0.25) is 4.90 Å². The Morgan fingerprint density at radius 3 is 2.55 bits per heavy atom. The van der Waals surface area contributed by atoms with Gasteiger partial charge in [-0.2, -0.15) is 0 Å². The molecule has 5 heteroatoms. The molecule has 1 saturated carbocycles. The zero-order valence-corrected chi connectivity index (χ0v) is 17.9. The standard InChI is InChI=1S/C24H36N2O3/c1-20(19-27)17-22-3-2-4-23(18-22)26-13-11-25(12-14-26)10-7-21-5-8-24(9-6-21)28-15-16-29-24/h2-4,18-21H,5-17H2,1H3. The molecule has 5 nitrogen and oxygen atoms in total. The van der Waals surface area contributed by atoms with Crippen molar-refractivity contribution in [3.8, 4) is 0 Å². The first-order valence-corrected chi connectivity index (χ1v) is 11.5. The highest BCUT2D eigenvalue weighted by molar-refractivity contribution is 5.55. The van der Waals surface area contributed by atoms with Crippen LogP contribution in [0.15, 0.2) is 24.3 Å². The molecule has 29 heavy (non-hydrogen) atoms. The molecule has 3 fully saturated rings. The van der Waals surface area contributed by atoms with E-state index in [1.807, 2.05) is 6.92 Å². The molecule has 1 aromatic rings. The van der Waals surface area contributed by atoms with Crippen LogP contribution in [0, 0.1) is 11.8 Å². The number of carbonyl (C=O) groups is 1. The maximum Gasteiger partial charge on any atom is 0.168 e. The van der Waals surface area contributed by atoms with Crippen molar-refractivity contribution in [3.05, 3.63) is 29.8 Å². The topological polar surface area (TPSA) is 42.0 Å². The number of ether oxygens (including phenoxy) is 2. The van der Waals surface area contributed by atoms with E-state index >= 15 is 0 Å². The van der Waals surface area contributed by atoms with Crippen LogP contribution < -0.4 is 4.90 Å². The van der Waals surface area contributed by atoms with Crippen LogP contribution in [0.2, 0.25) is 0 Å². The number of nitrogens with zero attached hydrogens (tertiary/aromatic N) is 2. The zero-order chi connectivity index (χ0) is 20.1. The monoisotopic (exact) mass is 400 g/mol. The highest BCUT2D eigenvalue weighted by Crippen LogP contribution is 2.39. The molecule has 1 unspecified atom stereocenters. The molecule has 1 aromatic carbocycles. The van der Waals surface area contributed by atoms with Crippen LogP contribution in [-0.2, 0) is 20.7 Å². The van der Waals surface area contributed by atoms with Crippen LogP contribution in [0.3, 0.4) is 0 Å². The van der Waals surface area contributed by atoms with Crippen molar-refractivity contribution in [2.75, 3.05) is 50.8 Å². The minimum absolute atomic E-state index is 0.0866. The summed E-state index contributed by atoms with van der Waals surface area (Å²) in [5.41, 5.74) is 2.56. The van der Waals surface area contributed by atoms with Crippen molar-refractivity contribution in [1.29, 1.82) is 0 Å². The third kappa shape index (κ3) is 5.39. The number of aldehydes is 1. The highest BCUT2D eigenvalue weighted by atomic mass is 16.7. The van der Waals surface area contributed by atoms with Gasteiger partial charge in [0.15, 0.2) is 5.79 Å². The second-order valence-electron chi connectivity index (χ2n) is 9.16. The molecule has 0 N–H and O–H groups in total. The molecular weight excluding hydrogens is 364 g/mol. The third-order valence-electron chi connectivity index (χ3n) is 6.97. The van der Waals surface area contributed by atoms with Gasteiger partial charge in [0, 0.05) is 50.6 Å². The fourth-order valence-corrected chi connectivity index (χ4v) is 5.09. The maximum absolute atomic E-state index is 10.9. The summed E-state index contributed by atoms with van der Waals surface area (Å²) >= 11 is 0. The summed E-state index contributed by atoms with van der Waals surface area (Å²) in [5, 5.41) is 0. The van der Waals surface area contributed by atoms with E-state index in [4.69, 9.17) is 9.47 Å². The number of carbonyl (C=O) groups excluding carboxylic acids is 1. The molecule has 4 rings (SSSR count). The molecule has 160 valence electrons. The predicted octanol–water partition coefficient (Wildman–Crippen LogP) is 3.51. The average Bonchev–Trinajstić information content (AvgIpc) is 3.22. The lowest BCUT2D eigenvalue weighted by Crippen LogP contribution is -2.47. The zero-order valence-electron chi connectivity index (χ0n) is 17.9. The summed E-state index contributed by atoms with van der Waals surface area (Å²) in [6.07, 6.45) is 7.81. The smallest absolute Gasteiger partial charge is 0.168 e. The van der Waals surface area contributed by atoms with Crippen molar-refractivity contribution in [3.63, 3.8) is 0 Å². The molecule has 2 aliphatic heterocycles. The fraction of sp³-hybridized carbons (Fsp3) is 0.708. The fourth-order valence-electron chi connectivity index (χ4n) is 5.09. The molecule has 0 radical (unpaired) electrons. The van der Waals surface area contributed by atoms with Crippen molar-refractivity contribution in [1.82, 2.24) is 4.90 Å². The SMILES string of the molecule is CC(C=O)Cc1cccc(N2CCN(CCC3CCC4(CC3)OCCO4)CC2)c1. The third-order valence-corrected chi connectivity index (χ3v) is 6.97. The summed E-state index contributed by atoms with van der Waals surface area (Å²) in [4.78, 5) is 16.1. The Labute approximate surface area is 175 Å². The lowest BCUT2D eigenvalue weighted by atomic mass is 9.83. The van der Waals surface area contributed by atoms with Gasteiger partial charge >= 0.3 is 0 Å². The van der Waals surface area contributed by atoms with Gasteiger partial charge < -0.3 is 19.2 Å². The van der Waals surface area contributed by atoms with Crippen LogP contribution >= 0.6 is 0 Å². The number of benzene rings is 1. The van der Waals surface area contributed by atoms with Crippen LogP contribution in [0.1, 0.15) is 44.6 Å². The summed E-state index contributed by atoms with van der Waals surface area (Å²) in [6, 6.07) is 8.73. The second-order valence-corrected chi connectivity index (χ2v) is 9.16. The molecule has 1 spiro atoms. The van der Waals surface area contributed by atoms with Gasteiger partial charge in [0.05, 0.1) is 13.2 Å². The van der Waals surface area contributed by atoms with Gasteiger partial charge in [-0.25, -0.2) is 0 Å². The molecule has 1 atom stereocenters. The Kier molecular flexibility index (Phi) is 6.88. The average molecular weight is 401 g/mol. The van der Waals surface area contributed by atoms with Crippen LogP contribution in [0.4, 0.5) is 5.69 Å². The van der Waals surface area contributed by atoms with Gasteiger partial charge in [0.2, 0.25) is 0 Å². The van der Waals surface area contributed by atoms with Gasteiger partial charge in [-0.1, -0.05) is 19.1 Å². The van der Waals surface area contributed by atoms with E-state index in [0.717, 1.165) is 70.9 Å². The van der Waals surface area contributed by atoms with Crippen molar-refractivity contribution in [2.45, 2.75) is 51.2 Å². The van der Waals surface area contributed by atoms with E-state index in [0.29, 0.717) is 0 Å². The highest BCUT2D eigenvalue weighted by Gasteiger charge is 2.40. The van der Waals surface area contributed by atoms with Crippen LogP contribution in [-0.4, -0.2) is 62.9 Å². The Hall–Kier alpha value is -1.43. The second kappa shape index (κ2) is 9.59. The quantitative estimate of drug-likeness (QED) is 0.655. The summed E-state index contributed by atoms with van der Waals surface area (Å²) in [5.74, 6) is 0.687. The maximum atomic E-state index is 10.9. The Bertz CT molecular complexity index is 656. The van der Waals surface area contributed by atoms with Gasteiger partial charge in [0.25, 0.3) is 0 Å². The normalized spacial score (nSPS) is 24.1. The number of rotatable bonds is 7. The van der Waals surface area contributed by atoms with Crippen LogP contribution in [0.5, 0.6) is 0 Å². The molecule has 0 bridgehead atoms. The van der Waals surface area contributed by atoms with Crippen LogP contribution in [0.25, 0.3) is 0 Å². The van der Waals surface area contributed by atoms with E-state index in [1.165, 1.54) is 37.1 Å². The van der Waals surface area contributed by atoms with Gasteiger partial charge in [0.1, 0.15) is 6.29 Å². The first-order valence-electron chi connectivity index (χ1n) is 11.5. The summed E-state index contributed by atoms with van der Waals surface area (Å²) in [7, 11) is 0. The minimum atomic E-state index is -0.222. The Morgan fingerprint density at radius 2 is 1.86 bits per heavy atom. The molecule has 3 aliphatic rings. The predicted molar refractivity (Wildman–Crippen MR) is 115 cm³/mol. The van der Waals surface area contributed by atoms with Crippen molar-refractivity contribution < 1.29 is 14.3 Å². The molecular formula is C24H36N2O3. The lowest BCUT2D eigenvalue weighted by Gasteiger charge is -2.38.